The van der Waals surface area contributed by atoms with Crippen molar-refractivity contribution < 1.29 is 19.1 Å². The number of rotatable bonds is 2. The fourth-order valence-corrected chi connectivity index (χ4v) is 1.54. The zero-order chi connectivity index (χ0) is 13.1. The SMILES string of the molecule is COC(=O)C=C1OC(c2ccc(Cl)cc2)=CC1=O. The van der Waals surface area contributed by atoms with Crippen molar-refractivity contribution in [2.24, 2.45) is 0 Å². The van der Waals surface area contributed by atoms with E-state index in [0.717, 1.165) is 6.08 Å². The summed E-state index contributed by atoms with van der Waals surface area (Å²) < 4.78 is 9.73. The van der Waals surface area contributed by atoms with E-state index >= 15 is 0 Å². The van der Waals surface area contributed by atoms with Crippen LogP contribution < -0.4 is 0 Å². The lowest BCUT2D eigenvalue weighted by atomic mass is 10.2. The van der Waals surface area contributed by atoms with Gasteiger partial charge in [0, 0.05) is 16.7 Å². The molecule has 1 aliphatic heterocycles. The second kappa shape index (κ2) is 5.06. The van der Waals surface area contributed by atoms with Crippen LogP contribution in [-0.4, -0.2) is 18.9 Å². The molecule has 0 spiro atoms. The van der Waals surface area contributed by atoms with Crippen molar-refractivity contribution in [1.82, 2.24) is 0 Å². The molecule has 5 heteroatoms. The highest BCUT2D eigenvalue weighted by molar-refractivity contribution is 6.30. The van der Waals surface area contributed by atoms with E-state index in [9.17, 15) is 9.59 Å². The van der Waals surface area contributed by atoms with Gasteiger partial charge in [0.15, 0.2) is 5.76 Å². The van der Waals surface area contributed by atoms with Crippen molar-refractivity contribution in [1.29, 1.82) is 0 Å². The van der Waals surface area contributed by atoms with E-state index in [4.69, 9.17) is 16.3 Å². The van der Waals surface area contributed by atoms with Crippen LogP contribution in [0.4, 0.5) is 0 Å². The highest BCUT2D eigenvalue weighted by Gasteiger charge is 2.22. The van der Waals surface area contributed by atoms with Crippen molar-refractivity contribution in [2.45, 2.75) is 0 Å². The molecule has 0 saturated carbocycles. The highest BCUT2D eigenvalue weighted by atomic mass is 35.5. The smallest absolute Gasteiger partial charge is 0.334 e. The van der Waals surface area contributed by atoms with Crippen LogP contribution in [-0.2, 0) is 19.1 Å². The van der Waals surface area contributed by atoms with Gasteiger partial charge in [-0.25, -0.2) is 4.79 Å². The largest absolute Gasteiger partial charge is 0.466 e. The average molecular weight is 265 g/mol. The minimum atomic E-state index is -0.635. The Hall–Kier alpha value is -2.07. The summed E-state index contributed by atoms with van der Waals surface area (Å²) in [5.74, 6) is -0.673. The van der Waals surface area contributed by atoms with E-state index < -0.39 is 5.97 Å². The molecule has 1 aromatic rings. The Balaban J connectivity index is 2.22. The Kier molecular flexibility index (Phi) is 3.48. The molecule has 4 nitrogen and oxygen atoms in total. The van der Waals surface area contributed by atoms with Crippen LogP contribution in [0.3, 0.4) is 0 Å². The van der Waals surface area contributed by atoms with Gasteiger partial charge < -0.3 is 9.47 Å². The van der Waals surface area contributed by atoms with Crippen LogP contribution >= 0.6 is 11.6 Å². The molecule has 0 amide bonds. The second-order valence-electron chi connectivity index (χ2n) is 3.51. The zero-order valence-corrected chi connectivity index (χ0v) is 10.2. The molecule has 0 fully saturated rings. The van der Waals surface area contributed by atoms with Crippen molar-refractivity contribution in [3.63, 3.8) is 0 Å². The topological polar surface area (TPSA) is 52.6 Å². The molecule has 0 unspecified atom stereocenters. The number of ether oxygens (including phenoxy) is 2. The zero-order valence-electron chi connectivity index (χ0n) is 9.48. The molecule has 0 atom stereocenters. The summed E-state index contributed by atoms with van der Waals surface area (Å²) in [6.07, 6.45) is 2.33. The summed E-state index contributed by atoms with van der Waals surface area (Å²) in [6, 6.07) is 6.83. The van der Waals surface area contributed by atoms with Gasteiger partial charge in [0.2, 0.25) is 5.78 Å². The van der Waals surface area contributed by atoms with Gasteiger partial charge in [0.05, 0.1) is 13.2 Å². The number of halogens is 1. The van der Waals surface area contributed by atoms with Crippen molar-refractivity contribution in [2.75, 3.05) is 7.11 Å². The molecule has 1 aromatic carbocycles. The number of ketones is 1. The Morgan fingerprint density at radius 2 is 2.00 bits per heavy atom. The number of carbonyl (C=O) groups is 2. The van der Waals surface area contributed by atoms with Gasteiger partial charge in [-0.1, -0.05) is 11.6 Å². The number of carbonyl (C=O) groups excluding carboxylic acids is 2. The Morgan fingerprint density at radius 3 is 2.61 bits per heavy atom. The molecule has 0 radical (unpaired) electrons. The lowest BCUT2D eigenvalue weighted by Gasteiger charge is -2.03. The average Bonchev–Trinajstić information content (AvgIpc) is 2.71. The van der Waals surface area contributed by atoms with Crippen molar-refractivity contribution >= 4 is 29.1 Å². The van der Waals surface area contributed by atoms with Gasteiger partial charge in [-0.15, -0.1) is 0 Å². The molecular formula is C13H9ClO4. The van der Waals surface area contributed by atoms with Crippen LogP contribution in [0.15, 0.2) is 42.2 Å². The van der Waals surface area contributed by atoms with Gasteiger partial charge >= 0.3 is 5.97 Å². The fraction of sp³-hybridized carbons (Fsp3) is 0.0769. The molecule has 1 aliphatic rings. The molecule has 2 rings (SSSR count). The maximum Gasteiger partial charge on any atom is 0.334 e. The summed E-state index contributed by atoms with van der Waals surface area (Å²) in [5, 5.41) is 0.592. The molecule has 18 heavy (non-hydrogen) atoms. The molecule has 1 heterocycles. The second-order valence-corrected chi connectivity index (χ2v) is 3.95. The first-order valence-electron chi connectivity index (χ1n) is 5.09. The highest BCUT2D eigenvalue weighted by Crippen LogP contribution is 2.27. The van der Waals surface area contributed by atoms with Crippen LogP contribution in [0.2, 0.25) is 5.02 Å². The summed E-state index contributed by atoms with van der Waals surface area (Å²) in [7, 11) is 1.23. The number of hydrogen-bond acceptors (Lipinski definition) is 4. The third-order valence-electron chi connectivity index (χ3n) is 2.30. The van der Waals surface area contributed by atoms with Crippen molar-refractivity contribution in [3.05, 3.63) is 52.8 Å². The third kappa shape index (κ3) is 2.60. The van der Waals surface area contributed by atoms with Crippen LogP contribution in [0, 0.1) is 0 Å². The first-order chi connectivity index (χ1) is 8.60. The molecule has 92 valence electrons. The summed E-state index contributed by atoms with van der Waals surface area (Å²) >= 11 is 5.76. The van der Waals surface area contributed by atoms with Gasteiger partial charge in [0.25, 0.3) is 0 Å². The van der Waals surface area contributed by atoms with Gasteiger partial charge in [0.1, 0.15) is 5.76 Å². The minimum absolute atomic E-state index is 0.0493. The summed E-state index contributed by atoms with van der Waals surface area (Å²) in [4.78, 5) is 22.6. The molecule has 0 aliphatic carbocycles. The first kappa shape index (κ1) is 12.4. The fourth-order valence-electron chi connectivity index (χ4n) is 1.41. The predicted molar refractivity (Wildman–Crippen MR) is 65.6 cm³/mol. The quantitative estimate of drug-likeness (QED) is 0.608. The molecule has 0 aromatic heterocycles. The summed E-state index contributed by atoms with van der Waals surface area (Å²) in [5.41, 5.74) is 0.709. The molecular weight excluding hydrogens is 256 g/mol. The third-order valence-corrected chi connectivity index (χ3v) is 2.56. The number of esters is 1. The molecule has 0 N–H and O–H groups in total. The number of hydrogen-bond donors (Lipinski definition) is 0. The normalized spacial score (nSPS) is 16.4. The van der Waals surface area contributed by atoms with E-state index in [1.807, 2.05) is 0 Å². The maximum atomic E-state index is 11.6. The Labute approximate surface area is 108 Å². The Morgan fingerprint density at radius 1 is 1.33 bits per heavy atom. The minimum Gasteiger partial charge on any atom is -0.466 e. The summed E-state index contributed by atoms with van der Waals surface area (Å²) in [6.45, 7) is 0. The Bertz CT molecular complexity index is 555. The van der Waals surface area contributed by atoms with E-state index in [1.165, 1.54) is 13.2 Å². The monoisotopic (exact) mass is 264 g/mol. The predicted octanol–water partition coefficient (Wildman–Crippen LogP) is 2.34. The van der Waals surface area contributed by atoms with Crippen molar-refractivity contribution in [3.8, 4) is 0 Å². The van der Waals surface area contributed by atoms with Crippen LogP contribution in [0.5, 0.6) is 0 Å². The molecule has 0 bridgehead atoms. The maximum absolute atomic E-state index is 11.6. The van der Waals surface area contributed by atoms with Gasteiger partial charge in [-0.3, -0.25) is 4.79 Å². The van der Waals surface area contributed by atoms with E-state index in [1.54, 1.807) is 24.3 Å². The first-order valence-corrected chi connectivity index (χ1v) is 5.47. The van der Waals surface area contributed by atoms with Crippen LogP contribution in [0.25, 0.3) is 5.76 Å². The number of benzene rings is 1. The number of methoxy groups -OCH3 is 1. The lowest BCUT2D eigenvalue weighted by molar-refractivity contribution is -0.135. The van der Waals surface area contributed by atoms with Gasteiger partial charge in [-0.05, 0) is 24.3 Å². The van der Waals surface area contributed by atoms with E-state index in [2.05, 4.69) is 4.74 Å². The van der Waals surface area contributed by atoms with Gasteiger partial charge in [-0.2, -0.15) is 0 Å². The lowest BCUT2D eigenvalue weighted by Crippen LogP contribution is -2.01. The van der Waals surface area contributed by atoms with Crippen LogP contribution in [0.1, 0.15) is 5.56 Å². The standard InChI is InChI=1S/C13H9ClO4/c1-17-13(16)7-12-10(15)6-11(18-12)8-2-4-9(14)5-3-8/h2-7H,1H3. The van der Waals surface area contributed by atoms with E-state index in [-0.39, 0.29) is 11.5 Å². The van der Waals surface area contributed by atoms with E-state index in [0.29, 0.717) is 16.3 Å². The molecule has 0 saturated heterocycles. The number of allylic oxidation sites excluding steroid dienone is 1.